The fraction of sp³-hybridized carbons (Fsp3) is 0.0625. The number of halogens is 1. The predicted molar refractivity (Wildman–Crippen MR) is 93.5 cm³/mol. The number of fused-ring (bicyclic) bond motifs is 1. The van der Waals surface area contributed by atoms with Crippen molar-refractivity contribution in [2.75, 3.05) is 7.05 Å². The average molecular weight is 327 g/mol. The number of nitrogens with one attached hydrogen (secondary N) is 2. The van der Waals surface area contributed by atoms with Crippen molar-refractivity contribution in [2.24, 2.45) is 10.7 Å². The van der Waals surface area contributed by atoms with E-state index < -0.39 is 5.95 Å². The zero-order chi connectivity index (χ0) is 16.4. The van der Waals surface area contributed by atoms with Gasteiger partial charge in [0.25, 0.3) is 0 Å². The van der Waals surface area contributed by atoms with Gasteiger partial charge in [-0.25, -0.2) is 4.98 Å². The molecule has 0 fully saturated rings. The Morgan fingerprint density at radius 3 is 2.91 bits per heavy atom. The van der Waals surface area contributed by atoms with E-state index in [-0.39, 0.29) is 0 Å². The highest BCUT2D eigenvalue weighted by molar-refractivity contribution is 8.26. The maximum absolute atomic E-state index is 13.4. The third kappa shape index (κ3) is 3.09. The van der Waals surface area contributed by atoms with Crippen molar-refractivity contribution in [2.45, 2.75) is 0 Å². The van der Waals surface area contributed by atoms with Crippen molar-refractivity contribution in [3.8, 4) is 11.3 Å². The van der Waals surface area contributed by atoms with Gasteiger partial charge in [0.1, 0.15) is 5.04 Å². The molecule has 0 radical (unpaired) electrons. The predicted octanol–water partition coefficient (Wildman–Crippen LogP) is 3.37. The van der Waals surface area contributed by atoms with Crippen LogP contribution in [0.15, 0.2) is 47.6 Å². The number of thioether (sulfide) groups is 1. The van der Waals surface area contributed by atoms with E-state index in [0.29, 0.717) is 21.5 Å². The number of hydrogen-bond acceptors (Lipinski definition) is 4. The number of H-pyrrole nitrogens is 1. The molecule has 0 spiro atoms. The lowest BCUT2D eigenvalue weighted by atomic mass is 10.1. The smallest absolute Gasteiger partial charge is 0.213 e. The van der Waals surface area contributed by atoms with E-state index in [1.54, 1.807) is 25.4 Å². The number of benzene rings is 1. The van der Waals surface area contributed by atoms with Gasteiger partial charge in [0.05, 0.1) is 5.69 Å². The molecule has 2 heterocycles. The molecule has 3 rings (SSSR count). The van der Waals surface area contributed by atoms with Gasteiger partial charge < -0.3 is 10.7 Å². The first-order chi connectivity index (χ1) is 11.1. The van der Waals surface area contributed by atoms with Gasteiger partial charge in [-0.15, -0.1) is 0 Å². The molecule has 23 heavy (non-hydrogen) atoms. The third-order valence-corrected chi connectivity index (χ3v) is 4.19. The molecule has 0 amide bonds. The molecule has 0 saturated heterocycles. The fourth-order valence-electron chi connectivity index (χ4n) is 2.24. The number of nitrogens with zero attached hydrogens (tertiary/aromatic N) is 2. The normalized spacial score (nSPS) is 11.8. The first kappa shape index (κ1) is 15.2. The summed E-state index contributed by atoms with van der Waals surface area (Å²) in [5, 5.41) is 9.62. The van der Waals surface area contributed by atoms with Crippen molar-refractivity contribution in [1.82, 2.24) is 9.97 Å². The molecule has 0 bridgehead atoms. The lowest BCUT2D eigenvalue weighted by Crippen LogP contribution is -2.10. The molecule has 2 aromatic heterocycles. The van der Waals surface area contributed by atoms with E-state index in [9.17, 15) is 4.39 Å². The maximum Gasteiger partial charge on any atom is 0.213 e. The molecule has 7 heteroatoms. The van der Waals surface area contributed by atoms with Gasteiger partial charge in [0, 0.05) is 35.3 Å². The van der Waals surface area contributed by atoms with Crippen molar-refractivity contribution < 1.29 is 4.39 Å². The van der Waals surface area contributed by atoms with Crippen molar-refractivity contribution in [3.63, 3.8) is 0 Å². The molecule has 0 aliphatic rings. The zero-order valence-corrected chi connectivity index (χ0v) is 13.1. The largest absolute Gasteiger partial charge is 0.378 e. The Hall–Kier alpha value is -2.67. The van der Waals surface area contributed by atoms with Crippen molar-refractivity contribution >= 4 is 32.9 Å². The maximum atomic E-state index is 13.4. The molecule has 5 nitrogen and oxygen atoms in total. The Morgan fingerprint density at radius 2 is 2.17 bits per heavy atom. The Labute approximate surface area is 136 Å². The highest BCUT2D eigenvalue weighted by atomic mass is 32.2. The number of aliphatic imine (C=N–C) groups is 1. The monoisotopic (exact) mass is 327 g/mol. The summed E-state index contributed by atoms with van der Waals surface area (Å²) in [5.74, 6) is -0.525. The van der Waals surface area contributed by atoms with E-state index in [0.717, 1.165) is 28.2 Å². The van der Waals surface area contributed by atoms with Gasteiger partial charge in [-0.2, -0.15) is 4.39 Å². The van der Waals surface area contributed by atoms with Crippen LogP contribution in [0.25, 0.3) is 22.2 Å². The van der Waals surface area contributed by atoms with Crippen LogP contribution in [0.4, 0.5) is 4.39 Å². The van der Waals surface area contributed by atoms with E-state index in [2.05, 4.69) is 15.0 Å². The van der Waals surface area contributed by atoms with Gasteiger partial charge in [-0.05, 0) is 36.0 Å². The average Bonchev–Trinajstić information content (AvgIpc) is 2.97. The topological polar surface area (TPSA) is 90.9 Å². The van der Waals surface area contributed by atoms with Gasteiger partial charge in [-0.3, -0.25) is 10.4 Å². The summed E-state index contributed by atoms with van der Waals surface area (Å²) in [5.41, 5.74) is 8.60. The number of rotatable bonds is 2. The Morgan fingerprint density at radius 1 is 1.35 bits per heavy atom. The molecule has 1 aromatic carbocycles. The summed E-state index contributed by atoms with van der Waals surface area (Å²) < 4.78 is 13.4. The minimum atomic E-state index is -0.525. The number of amidine groups is 1. The highest BCUT2D eigenvalue weighted by Gasteiger charge is 2.11. The van der Waals surface area contributed by atoms with Gasteiger partial charge in [0.15, 0.2) is 5.17 Å². The summed E-state index contributed by atoms with van der Waals surface area (Å²) in [4.78, 5) is 10.9. The van der Waals surface area contributed by atoms with Gasteiger partial charge >= 0.3 is 0 Å². The Balaban J connectivity index is 2.05. The van der Waals surface area contributed by atoms with Crippen LogP contribution < -0.4 is 5.73 Å². The molecule has 0 aliphatic carbocycles. The lowest BCUT2D eigenvalue weighted by molar-refractivity contribution is 0.585. The van der Waals surface area contributed by atoms with Crippen LogP contribution >= 0.6 is 11.8 Å². The second kappa shape index (κ2) is 6.21. The fourth-order valence-corrected chi connectivity index (χ4v) is 2.79. The van der Waals surface area contributed by atoms with E-state index in [4.69, 9.17) is 11.1 Å². The zero-order valence-electron chi connectivity index (χ0n) is 12.3. The molecule has 116 valence electrons. The first-order valence-corrected chi connectivity index (χ1v) is 7.63. The van der Waals surface area contributed by atoms with Crippen LogP contribution in [-0.4, -0.2) is 27.2 Å². The molecular formula is C16H14FN5S. The second-order valence-electron chi connectivity index (χ2n) is 4.80. The highest BCUT2D eigenvalue weighted by Crippen LogP contribution is 2.29. The molecule has 0 atom stereocenters. The minimum Gasteiger partial charge on any atom is -0.378 e. The van der Waals surface area contributed by atoms with E-state index >= 15 is 0 Å². The number of nitrogens with two attached hydrogens (primary N) is 1. The van der Waals surface area contributed by atoms with Crippen molar-refractivity contribution in [1.29, 1.82) is 5.41 Å². The van der Waals surface area contributed by atoms with Crippen LogP contribution in [0.3, 0.4) is 0 Å². The van der Waals surface area contributed by atoms with Crippen LogP contribution in [0, 0.1) is 11.4 Å². The van der Waals surface area contributed by atoms with Crippen LogP contribution in [-0.2, 0) is 0 Å². The summed E-state index contributed by atoms with van der Waals surface area (Å²) in [7, 11) is 1.58. The standard InChI is InChI=1S/C16H14FN5S/c1-20-16(19)23-15(18)9-5-6-12-10(7-9)11(8-21-12)13-3-2-4-14(17)22-13/h2-8,18,21H,1H3,(H2,19,20). The summed E-state index contributed by atoms with van der Waals surface area (Å²) in [6.45, 7) is 0. The number of pyridine rings is 1. The summed E-state index contributed by atoms with van der Waals surface area (Å²) in [6, 6.07) is 10.3. The summed E-state index contributed by atoms with van der Waals surface area (Å²) >= 11 is 1.09. The number of aromatic amines is 1. The first-order valence-electron chi connectivity index (χ1n) is 6.81. The van der Waals surface area contributed by atoms with Crippen LogP contribution in [0.2, 0.25) is 0 Å². The summed E-state index contributed by atoms with van der Waals surface area (Å²) in [6.07, 6.45) is 1.79. The van der Waals surface area contributed by atoms with E-state index in [1.807, 2.05) is 18.2 Å². The minimum absolute atomic E-state index is 0.300. The third-order valence-electron chi connectivity index (χ3n) is 3.36. The quantitative estimate of drug-likeness (QED) is 0.383. The van der Waals surface area contributed by atoms with Crippen LogP contribution in [0.1, 0.15) is 5.56 Å². The Kier molecular flexibility index (Phi) is 4.12. The number of hydrogen-bond donors (Lipinski definition) is 3. The van der Waals surface area contributed by atoms with Gasteiger partial charge in [0.2, 0.25) is 5.95 Å². The SMILES string of the molecule is CN=C(N)SC(=N)c1ccc2[nH]cc(-c3cccc(F)n3)c2c1. The second-order valence-corrected chi connectivity index (χ2v) is 5.83. The molecule has 0 saturated carbocycles. The number of aromatic nitrogens is 2. The van der Waals surface area contributed by atoms with Gasteiger partial charge in [-0.1, -0.05) is 12.1 Å². The van der Waals surface area contributed by atoms with E-state index in [1.165, 1.54) is 6.07 Å². The van der Waals surface area contributed by atoms with Crippen molar-refractivity contribution in [3.05, 3.63) is 54.1 Å². The lowest BCUT2D eigenvalue weighted by Gasteiger charge is -2.04. The molecular weight excluding hydrogens is 313 g/mol. The molecule has 4 N–H and O–H groups in total. The Bertz CT molecular complexity index is 916. The van der Waals surface area contributed by atoms with Crippen LogP contribution in [0.5, 0.6) is 0 Å². The molecule has 0 aliphatic heterocycles. The molecule has 0 unspecified atom stereocenters. The molecule has 3 aromatic rings.